The molecule has 0 aromatic rings. The van der Waals surface area contributed by atoms with Gasteiger partial charge < -0.3 is 0 Å². The largest absolute Gasteiger partial charge is 0.103 e. The molecule has 30 valence electrons. The van der Waals surface area contributed by atoms with Gasteiger partial charge in [0, 0.05) is 0 Å². The Morgan fingerprint density at radius 2 is 2.60 bits per heavy atom. The van der Waals surface area contributed by atoms with Crippen LogP contribution in [-0.4, -0.2) is 6.16 Å². The summed E-state index contributed by atoms with van der Waals surface area (Å²) in [7, 11) is 0.512. The first kappa shape index (κ1) is 5.46. The van der Waals surface area contributed by atoms with Crippen LogP contribution < -0.4 is 0 Å². The smallest absolute Gasteiger partial charge is 0.00359 e. The number of hydrogen-bond donors (Lipinski definition) is 0. The minimum absolute atomic E-state index is 0.512. The van der Waals surface area contributed by atoms with E-state index in [1.54, 1.807) is 0 Å². The number of halogens is 1. The van der Waals surface area contributed by atoms with Crippen molar-refractivity contribution in [1.82, 2.24) is 0 Å². The molecular formula is C3H6ClP. The van der Waals surface area contributed by atoms with Gasteiger partial charge in [0.2, 0.25) is 0 Å². The summed E-state index contributed by atoms with van der Waals surface area (Å²) < 4.78 is 0. The van der Waals surface area contributed by atoms with E-state index in [-0.39, 0.29) is 0 Å². The molecule has 0 fully saturated rings. The number of rotatable bonds is 2. The van der Waals surface area contributed by atoms with E-state index in [4.69, 9.17) is 11.2 Å². The van der Waals surface area contributed by atoms with Gasteiger partial charge in [-0.2, -0.15) is 0 Å². The Hall–Kier alpha value is 0.460. The lowest BCUT2D eigenvalue weighted by Crippen LogP contribution is -1.48. The SMILES string of the molecule is C=CCPCl. The Morgan fingerprint density at radius 3 is 2.60 bits per heavy atom. The zero-order chi connectivity index (χ0) is 4.12. The average molecular weight is 109 g/mol. The van der Waals surface area contributed by atoms with Crippen molar-refractivity contribution in [1.29, 1.82) is 0 Å². The molecule has 0 aromatic carbocycles. The monoisotopic (exact) mass is 108 g/mol. The van der Waals surface area contributed by atoms with E-state index in [2.05, 4.69) is 6.58 Å². The van der Waals surface area contributed by atoms with Gasteiger partial charge in [-0.1, -0.05) is 17.3 Å². The molecule has 0 nitrogen and oxygen atoms in total. The maximum absolute atomic E-state index is 5.26. The summed E-state index contributed by atoms with van der Waals surface area (Å²) in [6.07, 6.45) is 2.76. The lowest BCUT2D eigenvalue weighted by molar-refractivity contribution is 1.83. The number of hydrogen-bond acceptors (Lipinski definition) is 0. The van der Waals surface area contributed by atoms with Gasteiger partial charge in [-0.15, -0.1) is 6.58 Å². The van der Waals surface area contributed by atoms with Crippen LogP contribution in [0.25, 0.3) is 0 Å². The highest BCUT2D eigenvalue weighted by atomic mass is 35.7. The Balaban J connectivity index is 2.40. The molecule has 0 amide bonds. The molecule has 0 saturated carbocycles. The molecule has 0 spiro atoms. The van der Waals surface area contributed by atoms with Gasteiger partial charge >= 0.3 is 0 Å². The van der Waals surface area contributed by atoms with E-state index in [1.165, 1.54) is 0 Å². The van der Waals surface area contributed by atoms with Crippen LogP contribution in [0.15, 0.2) is 12.7 Å². The van der Waals surface area contributed by atoms with Crippen LogP contribution in [0.5, 0.6) is 0 Å². The van der Waals surface area contributed by atoms with Crippen molar-refractivity contribution in [3.63, 3.8) is 0 Å². The summed E-state index contributed by atoms with van der Waals surface area (Å²) in [5.41, 5.74) is 0. The minimum atomic E-state index is 0.512. The first-order valence-corrected chi connectivity index (χ1v) is 3.58. The van der Waals surface area contributed by atoms with E-state index in [1.807, 2.05) is 6.08 Å². The summed E-state index contributed by atoms with van der Waals surface area (Å²) >= 11 is 5.26. The molecule has 0 aromatic heterocycles. The van der Waals surface area contributed by atoms with Crippen molar-refractivity contribution in [3.05, 3.63) is 12.7 Å². The van der Waals surface area contributed by atoms with E-state index >= 15 is 0 Å². The summed E-state index contributed by atoms with van der Waals surface area (Å²) in [4.78, 5) is 0. The molecule has 0 heterocycles. The standard InChI is InChI=1S/C3H6ClP/c1-2-3-5-4/h2,5H,1,3H2. The second-order valence-corrected chi connectivity index (χ2v) is 2.10. The van der Waals surface area contributed by atoms with Crippen molar-refractivity contribution in [3.8, 4) is 0 Å². The molecule has 0 radical (unpaired) electrons. The zero-order valence-electron chi connectivity index (χ0n) is 2.87. The van der Waals surface area contributed by atoms with Crippen LogP contribution in [-0.2, 0) is 0 Å². The highest BCUT2D eigenvalue weighted by molar-refractivity contribution is 7.68. The second kappa shape index (κ2) is 4.46. The molecule has 0 aliphatic heterocycles. The molecule has 1 atom stereocenters. The van der Waals surface area contributed by atoms with E-state index in [0.29, 0.717) is 7.93 Å². The third kappa shape index (κ3) is 4.46. The average Bonchev–Trinajstić information content (AvgIpc) is 1.41. The summed E-state index contributed by atoms with van der Waals surface area (Å²) in [5.74, 6) is 0. The Bertz CT molecular complexity index is 28.1. The second-order valence-electron chi connectivity index (χ2n) is 0.626. The van der Waals surface area contributed by atoms with Gasteiger partial charge in [0.05, 0.1) is 0 Å². The van der Waals surface area contributed by atoms with E-state index in [0.717, 1.165) is 6.16 Å². The molecule has 0 saturated heterocycles. The van der Waals surface area contributed by atoms with Crippen molar-refractivity contribution < 1.29 is 0 Å². The van der Waals surface area contributed by atoms with Crippen LogP contribution >= 0.6 is 19.2 Å². The lowest BCUT2D eigenvalue weighted by Gasteiger charge is -1.71. The molecule has 5 heavy (non-hydrogen) atoms. The van der Waals surface area contributed by atoms with Crippen molar-refractivity contribution >= 4 is 19.2 Å². The molecule has 1 unspecified atom stereocenters. The topological polar surface area (TPSA) is 0 Å². The van der Waals surface area contributed by atoms with Crippen LogP contribution in [0.3, 0.4) is 0 Å². The lowest BCUT2D eigenvalue weighted by atomic mass is 10.8. The zero-order valence-corrected chi connectivity index (χ0v) is 4.63. The molecule has 0 aliphatic rings. The van der Waals surface area contributed by atoms with Crippen molar-refractivity contribution in [2.75, 3.05) is 6.16 Å². The fraction of sp³-hybridized carbons (Fsp3) is 0.333. The quantitative estimate of drug-likeness (QED) is 0.375. The van der Waals surface area contributed by atoms with Gasteiger partial charge in [0.1, 0.15) is 0 Å². The van der Waals surface area contributed by atoms with Crippen LogP contribution in [0, 0.1) is 0 Å². The maximum atomic E-state index is 5.26. The van der Waals surface area contributed by atoms with Crippen LogP contribution in [0.1, 0.15) is 0 Å². The fourth-order valence-corrected chi connectivity index (χ4v) is 0.491. The Morgan fingerprint density at radius 1 is 2.00 bits per heavy atom. The van der Waals surface area contributed by atoms with Gasteiger partial charge in [-0.3, -0.25) is 0 Å². The van der Waals surface area contributed by atoms with Gasteiger partial charge in [0.25, 0.3) is 0 Å². The maximum Gasteiger partial charge on any atom is -0.00359 e. The molecule has 0 rings (SSSR count). The van der Waals surface area contributed by atoms with Crippen LogP contribution in [0.2, 0.25) is 0 Å². The van der Waals surface area contributed by atoms with Gasteiger partial charge in [0.15, 0.2) is 0 Å². The van der Waals surface area contributed by atoms with Gasteiger partial charge in [-0.25, -0.2) is 0 Å². The Kier molecular flexibility index (Phi) is 4.87. The molecule has 0 aliphatic carbocycles. The third-order valence-corrected chi connectivity index (χ3v) is 1.13. The first-order chi connectivity index (χ1) is 2.41. The normalized spacial score (nSPS) is 9.80. The van der Waals surface area contributed by atoms with Crippen LogP contribution in [0.4, 0.5) is 0 Å². The predicted octanol–water partition coefficient (Wildman–Crippen LogP) is 2.00. The first-order valence-electron chi connectivity index (χ1n) is 1.36. The highest BCUT2D eigenvalue weighted by Crippen LogP contribution is 2.13. The summed E-state index contributed by atoms with van der Waals surface area (Å²) in [6.45, 7) is 3.47. The summed E-state index contributed by atoms with van der Waals surface area (Å²) in [6, 6.07) is 0. The fourth-order valence-electron chi connectivity index (χ4n) is 0.0546. The minimum Gasteiger partial charge on any atom is -0.103 e. The molecule has 0 bridgehead atoms. The van der Waals surface area contributed by atoms with Crippen molar-refractivity contribution in [2.24, 2.45) is 0 Å². The predicted molar refractivity (Wildman–Crippen MR) is 29.2 cm³/mol. The molecule has 0 N–H and O–H groups in total. The molecule has 2 heteroatoms. The third-order valence-electron chi connectivity index (χ3n) is 0.221. The van der Waals surface area contributed by atoms with Gasteiger partial charge in [-0.05, 0) is 14.1 Å². The highest BCUT2D eigenvalue weighted by Gasteiger charge is 1.63. The molecular weight excluding hydrogens is 102 g/mol. The summed E-state index contributed by atoms with van der Waals surface area (Å²) in [5, 5.41) is 0. The number of allylic oxidation sites excluding steroid dienone is 1. The van der Waals surface area contributed by atoms with Crippen molar-refractivity contribution in [2.45, 2.75) is 0 Å². The van der Waals surface area contributed by atoms with E-state index < -0.39 is 0 Å². The Labute approximate surface area is 38.8 Å². The van der Waals surface area contributed by atoms with E-state index in [9.17, 15) is 0 Å².